The zero-order valence-corrected chi connectivity index (χ0v) is 16.1. The van der Waals surface area contributed by atoms with Crippen LogP contribution in [-0.2, 0) is 14.4 Å². The Morgan fingerprint density at radius 2 is 1.90 bits per heavy atom. The molecular formula is C22H25N2O5+. The van der Waals surface area contributed by atoms with E-state index in [2.05, 4.69) is 11.9 Å². The second-order valence-corrected chi connectivity index (χ2v) is 7.38. The minimum atomic E-state index is -1.30. The Hall–Kier alpha value is -3.19. The van der Waals surface area contributed by atoms with Crippen LogP contribution < -0.4 is 9.80 Å². The van der Waals surface area contributed by atoms with Crippen LogP contribution in [0, 0.1) is 5.92 Å². The summed E-state index contributed by atoms with van der Waals surface area (Å²) in [7, 11) is 0. The Balaban J connectivity index is 2.19. The Labute approximate surface area is 169 Å². The first-order valence-electron chi connectivity index (χ1n) is 9.64. The van der Waals surface area contributed by atoms with E-state index in [4.69, 9.17) is 0 Å². The molecule has 152 valence electrons. The van der Waals surface area contributed by atoms with E-state index in [1.807, 2.05) is 0 Å². The zero-order chi connectivity index (χ0) is 21.0. The van der Waals surface area contributed by atoms with Gasteiger partial charge in [0.15, 0.2) is 6.54 Å². The number of rotatable bonds is 7. The van der Waals surface area contributed by atoms with Crippen LogP contribution in [0.1, 0.15) is 31.2 Å². The molecule has 3 rings (SSSR count). The molecule has 7 heteroatoms. The number of nitrogens with zero attached hydrogens (tertiary/aromatic N) is 1. The van der Waals surface area contributed by atoms with Crippen molar-refractivity contribution in [3.8, 4) is 0 Å². The maximum atomic E-state index is 12.9. The van der Waals surface area contributed by atoms with E-state index in [9.17, 15) is 24.6 Å². The van der Waals surface area contributed by atoms with Gasteiger partial charge in [-0.05, 0) is 31.1 Å². The van der Waals surface area contributed by atoms with Gasteiger partial charge in [-0.1, -0.05) is 37.6 Å². The molecule has 1 heterocycles. The molecule has 0 aromatic heterocycles. The summed E-state index contributed by atoms with van der Waals surface area (Å²) in [5.74, 6) is -2.55. The van der Waals surface area contributed by atoms with E-state index >= 15 is 0 Å². The fourth-order valence-electron chi connectivity index (χ4n) is 4.31. The molecule has 1 saturated carbocycles. The Morgan fingerprint density at radius 1 is 1.21 bits per heavy atom. The number of para-hydroxylation sites is 1. The highest BCUT2D eigenvalue weighted by molar-refractivity contribution is 5.88. The topological polar surface area (TPSA) is 104 Å². The van der Waals surface area contributed by atoms with Gasteiger partial charge in [-0.3, -0.25) is 10.1 Å². The molecule has 1 fully saturated rings. The van der Waals surface area contributed by atoms with E-state index in [0.717, 1.165) is 25.7 Å². The molecule has 2 unspecified atom stereocenters. The summed E-state index contributed by atoms with van der Waals surface area (Å²) in [6, 6.07) is 5.71. The van der Waals surface area contributed by atoms with Crippen LogP contribution in [0.5, 0.6) is 0 Å². The molecule has 2 aliphatic rings. The second-order valence-electron chi connectivity index (χ2n) is 7.38. The number of carbonyl (C=O) groups is 3. The third-order valence-corrected chi connectivity index (χ3v) is 5.64. The molecule has 7 nitrogen and oxygen atoms in total. The third kappa shape index (κ3) is 3.86. The summed E-state index contributed by atoms with van der Waals surface area (Å²) in [4.78, 5) is 37.0. The highest BCUT2D eigenvalue weighted by atomic mass is 16.4. The molecule has 1 aliphatic heterocycles. The number of amides is 1. The Bertz CT molecular complexity index is 898. The van der Waals surface area contributed by atoms with Crippen molar-refractivity contribution in [1.82, 2.24) is 9.80 Å². The van der Waals surface area contributed by atoms with Gasteiger partial charge in [0.1, 0.15) is 5.69 Å². The van der Waals surface area contributed by atoms with Crippen LogP contribution in [0.25, 0.3) is 6.08 Å². The van der Waals surface area contributed by atoms with Crippen molar-refractivity contribution < 1.29 is 24.6 Å². The summed E-state index contributed by atoms with van der Waals surface area (Å²) < 4.78 is -0.588. The molecule has 29 heavy (non-hydrogen) atoms. The molecule has 1 aliphatic carbocycles. The number of fused-ring (bicyclic) bond motifs is 1. The Morgan fingerprint density at radius 3 is 2.52 bits per heavy atom. The van der Waals surface area contributed by atoms with E-state index < -0.39 is 29.0 Å². The first-order chi connectivity index (χ1) is 13.9. The monoisotopic (exact) mass is 397 g/mol. The average Bonchev–Trinajstić information content (AvgIpc) is 3.17. The fourth-order valence-corrected chi connectivity index (χ4v) is 4.31. The number of quaternary nitrogens is 1. The predicted octanol–water partition coefficient (Wildman–Crippen LogP) is 2.89. The number of hydrogen-bond acceptors (Lipinski definition) is 3. The smallest absolute Gasteiger partial charge is 0.367 e. The fraction of sp³-hybridized carbons (Fsp3) is 0.318. The predicted molar refractivity (Wildman–Crippen MR) is 110 cm³/mol. The van der Waals surface area contributed by atoms with Crippen molar-refractivity contribution >= 4 is 29.6 Å². The van der Waals surface area contributed by atoms with Crippen LogP contribution in [0.4, 0.5) is 5.69 Å². The summed E-state index contributed by atoms with van der Waals surface area (Å²) >= 11 is 0. The highest BCUT2D eigenvalue weighted by Gasteiger charge is 2.50. The molecule has 0 saturated heterocycles. The standard InChI is InChI=1S/C22H24N2O5/c1-2-17(22(28)29)24(14-20(25)26)18-12-6-5-8-15(18)11-7-13-19(24)23-21(27)16-9-3-4-10-16/h2,5-8,11-13,16-17H,1,3-4,9-10,14H2,(H2-,23,25,26,27,28,29)/p+1. The summed E-state index contributed by atoms with van der Waals surface area (Å²) in [5.41, 5.74) is 1.16. The number of carboxylic acids is 2. The molecule has 2 atom stereocenters. The molecular weight excluding hydrogens is 372 g/mol. The minimum Gasteiger partial charge on any atom is -0.477 e. The lowest BCUT2D eigenvalue weighted by molar-refractivity contribution is -0.143. The molecule has 1 aromatic rings. The number of allylic oxidation sites excluding steroid dienone is 2. The highest BCUT2D eigenvalue weighted by Crippen LogP contribution is 2.38. The van der Waals surface area contributed by atoms with Crippen molar-refractivity contribution in [1.29, 1.82) is 0 Å². The molecule has 3 N–H and O–H groups in total. The van der Waals surface area contributed by atoms with E-state index in [1.54, 1.807) is 42.5 Å². The van der Waals surface area contributed by atoms with Crippen LogP contribution in [0.2, 0.25) is 0 Å². The number of carboxylic acid groups (broad SMARTS) is 2. The molecule has 0 spiro atoms. The molecule has 0 bridgehead atoms. The lowest BCUT2D eigenvalue weighted by atomic mass is 10.0. The Kier molecular flexibility index (Phi) is 5.98. The van der Waals surface area contributed by atoms with Crippen molar-refractivity contribution in [2.24, 2.45) is 5.92 Å². The van der Waals surface area contributed by atoms with Gasteiger partial charge in [-0.25, -0.2) is 14.1 Å². The second kappa shape index (κ2) is 8.45. The SMILES string of the molecule is C=CC(C(=O)O)[N+]1(CC(=O)O)C(NC(=O)C2CCCC2)=CC=Cc2ccccc21. The normalized spacial score (nSPS) is 22.1. The summed E-state index contributed by atoms with van der Waals surface area (Å²) in [6.07, 6.45) is 9.79. The lowest BCUT2D eigenvalue weighted by Gasteiger charge is -2.41. The van der Waals surface area contributed by atoms with Crippen molar-refractivity contribution in [2.45, 2.75) is 31.7 Å². The van der Waals surface area contributed by atoms with Gasteiger partial charge in [-0.15, -0.1) is 0 Å². The van der Waals surface area contributed by atoms with Crippen molar-refractivity contribution in [3.05, 3.63) is 60.5 Å². The molecule has 0 radical (unpaired) electrons. The maximum Gasteiger partial charge on any atom is 0.367 e. The van der Waals surface area contributed by atoms with Crippen LogP contribution in [0.15, 0.2) is 54.9 Å². The zero-order valence-electron chi connectivity index (χ0n) is 16.1. The van der Waals surface area contributed by atoms with Crippen LogP contribution in [-0.4, -0.2) is 40.6 Å². The number of carbonyl (C=O) groups excluding carboxylic acids is 1. The first kappa shape index (κ1) is 20.5. The van der Waals surface area contributed by atoms with Gasteiger partial charge in [0.05, 0.1) is 0 Å². The number of benzene rings is 1. The van der Waals surface area contributed by atoms with Crippen LogP contribution >= 0.6 is 0 Å². The van der Waals surface area contributed by atoms with E-state index in [0.29, 0.717) is 11.3 Å². The summed E-state index contributed by atoms with van der Waals surface area (Å²) in [5, 5.41) is 22.6. The van der Waals surface area contributed by atoms with Crippen molar-refractivity contribution in [2.75, 3.05) is 6.54 Å². The minimum absolute atomic E-state index is 0.155. The van der Waals surface area contributed by atoms with Crippen molar-refractivity contribution in [3.63, 3.8) is 0 Å². The maximum absolute atomic E-state index is 12.9. The van der Waals surface area contributed by atoms with Gasteiger partial charge in [-0.2, -0.15) is 0 Å². The number of hydrogen-bond donors (Lipinski definition) is 3. The van der Waals surface area contributed by atoms with Gasteiger partial charge in [0.25, 0.3) is 0 Å². The molecule has 1 aromatic carbocycles. The first-order valence-corrected chi connectivity index (χ1v) is 9.64. The van der Waals surface area contributed by atoms with Gasteiger partial charge in [0, 0.05) is 23.6 Å². The van der Waals surface area contributed by atoms with E-state index in [1.165, 1.54) is 6.08 Å². The third-order valence-electron chi connectivity index (χ3n) is 5.64. The van der Waals surface area contributed by atoms with Gasteiger partial charge >= 0.3 is 11.9 Å². The summed E-state index contributed by atoms with van der Waals surface area (Å²) in [6.45, 7) is 3.10. The van der Waals surface area contributed by atoms with Crippen LogP contribution in [0.3, 0.4) is 0 Å². The van der Waals surface area contributed by atoms with Gasteiger partial charge in [0.2, 0.25) is 17.8 Å². The van der Waals surface area contributed by atoms with E-state index in [-0.39, 0.29) is 17.6 Å². The molecule has 1 amide bonds. The average molecular weight is 397 g/mol. The largest absolute Gasteiger partial charge is 0.477 e. The quantitative estimate of drug-likeness (QED) is 0.485. The number of aliphatic carboxylic acids is 2. The van der Waals surface area contributed by atoms with Gasteiger partial charge < -0.3 is 10.2 Å². The lowest BCUT2D eigenvalue weighted by Crippen LogP contribution is -2.64. The number of nitrogens with one attached hydrogen (secondary N) is 1.